The highest BCUT2D eigenvalue weighted by molar-refractivity contribution is 5.80. The lowest BCUT2D eigenvalue weighted by atomic mass is 9.99. The van der Waals surface area contributed by atoms with Crippen LogP contribution in [0.15, 0.2) is 85.1 Å². The quantitative estimate of drug-likeness (QED) is 0.0149. The number of amides is 1. The van der Waals surface area contributed by atoms with Crippen LogP contribution >= 0.6 is 0 Å². The summed E-state index contributed by atoms with van der Waals surface area (Å²) < 4.78 is 17.6. The van der Waals surface area contributed by atoms with Gasteiger partial charge in [0.05, 0.1) is 25.4 Å². The largest absolute Gasteiger partial charge is 0.454 e. The number of carbonyl (C=O) groups excluding carboxylic acids is 2. The fourth-order valence-electron chi connectivity index (χ4n) is 9.01. The van der Waals surface area contributed by atoms with Gasteiger partial charge in [-0.05, 0) is 83.5 Å². The smallest absolute Gasteiger partial charge is 0.306 e. The molecule has 1 saturated heterocycles. The van der Waals surface area contributed by atoms with Gasteiger partial charge in [-0.2, -0.15) is 0 Å². The molecule has 75 heavy (non-hydrogen) atoms. The lowest BCUT2D eigenvalue weighted by molar-refractivity contribution is -0.305. The van der Waals surface area contributed by atoms with Gasteiger partial charge in [-0.3, -0.25) is 9.59 Å². The lowest BCUT2D eigenvalue weighted by Gasteiger charge is -2.41. The molecule has 1 amide bonds. The Morgan fingerprint density at radius 1 is 0.547 bits per heavy atom. The summed E-state index contributed by atoms with van der Waals surface area (Å²) in [6.07, 6.45) is 56.2. The summed E-state index contributed by atoms with van der Waals surface area (Å²) in [5, 5.41) is 56.9. The molecule has 11 heteroatoms. The molecule has 432 valence electrons. The Morgan fingerprint density at radius 3 is 1.57 bits per heavy atom. The van der Waals surface area contributed by atoms with Gasteiger partial charge in [0, 0.05) is 6.42 Å². The number of esters is 1. The number of carbonyl (C=O) groups is 2. The number of allylic oxidation sites excluding steroid dienone is 13. The van der Waals surface area contributed by atoms with Gasteiger partial charge in [-0.25, -0.2) is 0 Å². The van der Waals surface area contributed by atoms with E-state index in [2.05, 4.69) is 86.8 Å². The molecule has 1 fully saturated rings. The molecule has 1 heterocycles. The maximum Gasteiger partial charge on any atom is 0.306 e. The molecule has 0 saturated carbocycles. The van der Waals surface area contributed by atoms with Crippen LogP contribution in [0.4, 0.5) is 0 Å². The Kier molecular flexibility index (Phi) is 48.0. The summed E-state index contributed by atoms with van der Waals surface area (Å²) in [5.41, 5.74) is 0. The van der Waals surface area contributed by atoms with Gasteiger partial charge >= 0.3 is 5.97 Å². The van der Waals surface area contributed by atoms with Crippen LogP contribution in [0.25, 0.3) is 0 Å². The number of unbranched alkanes of at least 4 members (excludes halogenated alkanes) is 26. The van der Waals surface area contributed by atoms with Crippen molar-refractivity contribution in [2.45, 2.75) is 294 Å². The van der Waals surface area contributed by atoms with Crippen molar-refractivity contribution < 1.29 is 49.3 Å². The number of hydrogen-bond donors (Lipinski definition) is 6. The summed E-state index contributed by atoms with van der Waals surface area (Å²) in [5.74, 6) is -1.22. The second-order valence-corrected chi connectivity index (χ2v) is 20.8. The van der Waals surface area contributed by atoms with E-state index in [0.29, 0.717) is 12.8 Å². The second kappa shape index (κ2) is 51.6. The maximum absolute atomic E-state index is 13.4. The highest BCUT2D eigenvalue weighted by Crippen LogP contribution is 2.26. The minimum absolute atomic E-state index is 0.110. The first kappa shape index (κ1) is 69.9. The normalized spacial score (nSPS) is 19.8. The molecule has 0 spiro atoms. The van der Waals surface area contributed by atoms with E-state index in [1.807, 2.05) is 18.2 Å². The van der Waals surface area contributed by atoms with Crippen LogP contribution < -0.4 is 5.32 Å². The van der Waals surface area contributed by atoms with Crippen molar-refractivity contribution in [2.24, 2.45) is 0 Å². The molecule has 6 N–H and O–H groups in total. The van der Waals surface area contributed by atoms with E-state index in [9.17, 15) is 35.1 Å². The molecule has 0 aliphatic carbocycles. The van der Waals surface area contributed by atoms with Gasteiger partial charge in [0.1, 0.15) is 24.4 Å². The Bertz CT molecular complexity index is 1540. The number of aliphatic hydroxyl groups excluding tert-OH is 5. The molecule has 11 nitrogen and oxygen atoms in total. The SMILES string of the molecule is CC/C=C/C=C/C=C/CCCCCCCCC(O)C(=O)NC(COC1OC(CO)C(O)C(O)C1OC(=O)CCCCCCCCCC/C=C\C/C=C\C/C=C\CCCCC)C(O)/C=C/CCCCCCCCCCC. The minimum atomic E-state index is -1.62. The third-order valence-electron chi connectivity index (χ3n) is 13.8. The number of aliphatic hydroxyl groups is 5. The van der Waals surface area contributed by atoms with Gasteiger partial charge in [0.15, 0.2) is 12.4 Å². The van der Waals surface area contributed by atoms with Crippen LogP contribution in [0, 0.1) is 0 Å². The van der Waals surface area contributed by atoms with Crippen molar-refractivity contribution in [3.8, 4) is 0 Å². The van der Waals surface area contributed by atoms with E-state index < -0.39 is 67.4 Å². The standard InChI is InChI=1S/C64H111NO10/c1-4-7-10-13-16-19-22-24-26-27-28-29-30-31-32-34-37-40-43-46-49-52-59(69)75-62-61(71)60(70)58(53-66)74-64(62)73-54-55(56(67)50-47-44-41-38-35-21-18-15-12-9-6-3)65-63(72)57(68)51-48-45-42-39-36-33-25-23-20-17-14-11-8-5-2/h8,11,14,16-17,19-20,23-24,26,28-29,47,50,55-58,60-62,64,66-68,70-71H,4-7,9-10,12-13,15,18,21-22,25,27,30-46,48-49,51-54H2,1-3H3,(H,65,72)/b11-8+,17-14+,19-16-,23-20+,26-24-,29-28-,50-47+. The molecule has 8 atom stereocenters. The van der Waals surface area contributed by atoms with Crippen LogP contribution in [0.5, 0.6) is 0 Å². The van der Waals surface area contributed by atoms with Gasteiger partial charge < -0.3 is 45.1 Å². The average molecular weight is 1050 g/mol. The predicted molar refractivity (Wildman–Crippen MR) is 310 cm³/mol. The van der Waals surface area contributed by atoms with Crippen molar-refractivity contribution in [1.29, 1.82) is 0 Å². The van der Waals surface area contributed by atoms with E-state index in [0.717, 1.165) is 109 Å². The molecular formula is C64H111NO10. The molecular weight excluding hydrogens is 943 g/mol. The highest BCUT2D eigenvalue weighted by atomic mass is 16.7. The molecule has 1 rings (SSSR count). The van der Waals surface area contributed by atoms with Crippen LogP contribution in [-0.4, -0.2) is 99.6 Å². The van der Waals surface area contributed by atoms with Gasteiger partial charge in [-0.1, -0.05) is 241 Å². The Hall–Kier alpha value is -3.16. The van der Waals surface area contributed by atoms with E-state index >= 15 is 0 Å². The van der Waals surface area contributed by atoms with E-state index in [4.69, 9.17) is 14.2 Å². The lowest BCUT2D eigenvalue weighted by Crippen LogP contribution is -2.61. The summed E-state index contributed by atoms with van der Waals surface area (Å²) in [6.45, 7) is 5.60. The van der Waals surface area contributed by atoms with E-state index in [1.54, 1.807) is 6.08 Å². The van der Waals surface area contributed by atoms with E-state index in [1.165, 1.54) is 89.9 Å². The second-order valence-electron chi connectivity index (χ2n) is 20.8. The number of rotatable bonds is 50. The zero-order valence-electron chi connectivity index (χ0n) is 47.6. The number of hydrogen-bond acceptors (Lipinski definition) is 10. The average Bonchev–Trinajstić information content (AvgIpc) is 3.41. The first-order valence-electron chi connectivity index (χ1n) is 30.4. The van der Waals surface area contributed by atoms with Crippen molar-refractivity contribution >= 4 is 11.9 Å². The fraction of sp³-hybridized carbons (Fsp3) is 0.750. The van der Waals surface area contributed by atoms with E-state index in [-0.39, 0.29) is 19.4 Å². The fourth-order valence-corrected chi connectivity index (χ4v) is 9.01. The zero-order chi connectivity index (χ0) is 54.7. The number of ether oxygens (including phenoxy) is 3. The van der Waals surface area contributed by atoms with Crippen molar-refractivity contribution in [3.63, 3.8) is 0 Å². The molecule has 1 aliphatic rings. The topological polar surface area (TPSA) is 175 Å². The monoisotopic (exact) mass is 1050 g/mol. The summed E-state index contributed by atoms with van der Waals surface area (Å²) in [4.78, 5) is 26.5. The van der Waals surface area contributed by atoms with Crippen LogP contribution in [0.2, 0.25) is 0 Å². The third kappa shape index (κ3) is 39.8. The van der Waals surface area contributed by atoms with Gasteiger partial charge in [0.2, 0.25) is 5.91 Å². The van der Waals surface area contributed by atoms with Gasteiger partial charge in [-0.15, -0.1) is 0 Å². The van der Waals surface area contributed by atoms with Crippen LogP contribution in [-0.2, 0) is 23.8 Å². The third-order valence-corrected chi connectivity index (χ3v) is 13.8. The highest BCUT2D eigenvalue weighted by Gasteiger charge is 2.47. The predicted octanol–water partition coefficient (Wildman–Crippen LogP) is 14.2. The molecule has 0 aromatic heterocycles. The minimum Gasteiger partial charge on any atom is -0.454 e. The summed E-state index contributed by atoms with van der Waals surface area (Å²) in [6, 6.07) is -1.03. The molecule has 0 aromatic carbocycles. The molecule has 0 radical (unpaired) electrons. The van der Waals surface area contributed by atoms with Crippen LogP contribution in [0.1, 0.15) is 245 Å². The van der Waals surface area contributed by atoms with Crippen molar-refractivity contribution in [3.05, 3.63) is 85.1 Å². The molecule has 1 aliphatic heterocycles. The molecule has 0 bridgehead atoms. The summed E-state index contributed by atoms with van der Waals surface area (Å²) in [7, 11) is 0. The Labute approximate surface area is 457 Å². The zero-order valence-corrected chi connectivity index (χ0v) is 47.6. The number of nitrogens with one attached hydrogen (secondary N) is 1. The van der Waals surface area contributed by atoms with Crippen molar-refractivity contribution in [2.75, 3.05) is 13.2 Å². The molecule has 0 aromatic rings. The maximum atomic E-state index is 13.4. The summed E-state index contributed by atoms with van der Waals surface area (Å²) >= 11 is 0. The molecule has 8 unspecified atom stereocenters. The first-order valence-corrected chi connectivity index (χ1v) is 30.4. The first-order chi connectivity index (χ1) is 36.7. The van der Waals surface area contributed by atoms with Gasteiger partial charge in [0.25, 0.3) is 0 Å². The van der Waals surface area contributed by atoms with Crippen molar-refractivity contribution in [1.82, 2.24) is 5.32 Å². The Balaban J connectivity index is 2.67. The Morgan fingerprint density at radius 2 is 1.01 bits per heavy atom. The van der Waals surface area contributed by atoms with Crippen LogP contribution in [0.3, 0.4) is 0 Å².